The number of nitrogens with zero attached hydrogens (tertiary/aromatic N) is 4. The van der Waals surface area contributed by atoms with E-state index in [0.29, 0.717) is 22.2 Å². The van der Waals surface area contributed by atoms with Crippen LogP contribution in [0, 0.1) is 13.8 Å². The first-order valence-electron chi connectivity index (χ1n) is 14.4. The number of hydrogen-bond acceptors (Lipinski definition) is 9. The summed E-state index contributed by atoms with van der Waals surface area (Å²) in [7, 11) is 0. The molecule has 0 fully saturated rings. The maximum atomic E-state index is 13.4. The number of H-pyrrole nitrogens is 1. The molecule has 13 heteroatoms. The van der Waals surface area contributed by atoms with Crippen LogP contribution in [0.15, 0.2) is 69.8 Å². The molecule has 0 atom stereocenters. The van der Waals surface area contributed by atoms with E-state index in [-0.39, 0.29) is 31.2 Å². The molecule has 46 heavy (non-hydrogen) atoms. The maximum absolute atomic E-state index is 13.4. The Labute approximate surface area is 266 Å². The molecule has 5 aromatic rings. The fourth-order valence-electron chi connectivity index (χ4n) is 5.41. The minimum Gasteiger partial charge on any atom is -0.481 e. The van der Waals surface area contributed by atoms with Gasteiger partial charge in [0.05, 0.1) is 25.2 Å². The first kappa shape index (κ1) is 30.5. The Balaban J connectivity index is 1.25. The number of carboxylic acids is 1. The van der Waals surface area contributed by atoms with E-state index in [0.717, 1.165) is 44.7 Å². The Hall–Kier alpha value is -5.53. The summed E-state index contributed by atoms with van der Waals surface area (Å²) in [6, 6.07) is 13.8. The summed E-state index contributed by atoms with van der Waals surface area (Å²) in [5.74, 6) is -1.25. The van der Waals surface area contributed by atoms with Gasteiger partial charge < -0.3 is 15.7 Å². The van der Waals surface area contributed by atoms with Gasteiger partial charge in [0.15, 0.2) is 5.13 Å². The number of rotatable bonds is 9. The second-order valence-electron chi connectivity index (χ2n) is 10.9. The van der Waals surface area contributed by atoms with E-state index in [4.69, 9.17) is 5.11 Å². The number of hydrogen-bond donors (Lipinski definition) is 4. The fourth-order valence-corrected chi connectivity index (χ4v) is 6.13. The number of carboxylic acid groups (broad SMARTS) is 1. The highest BCUT2D eigenvalue weighted by atomic mass is 32.1. The number of aliphatic carboxylic acids is 1. The van der Waals surface area contributed by atoms with Crippen LogP contribution in [-0.4, -0.2) is 48.0 Å². The Kier molecular flexibility index (Phi) is 8.51. The average Bonchev–Trinajstić information content (AvgIpc) is 3.37. The van der Waals surface area contributed by atoms with Gasteiger partial charge in [-0.3, -0.25) is 23.9 Å². The van der Waals surface area contributed by atoms with Gasteiger partial charge in [0.25, 0.3) is 5.56 Å². The Morgan fingerprint density at radius 2 is 1.67 bits per heavy atom. The van der Waals surface area contributed by atoms with Crippen LogP contribution in [-0.2, 0) is 22.6 Å². The van der Waals surface area contributed by atoms with E-state index in [9.17, 15) is 19.2 Å². The molecule has 232 valence electrons. The predicted octanol–water partition coefficient (Wildman–Crippen LogP) is 3.41. The highest BCUT2D eigenvalue weighted by Gasteiger charge is 2.27. The van der Waals surface area contributed by atoms with Gasteiger partial charge in [-0.05, 0) is 42.2 Å². The van der Waals surface area contributed by atoms with Crippen LogP contribution in [0.1, 0.15) is 56.4 Å². The van der Waals surface area contributed by atoms with Gasteiger partial charge >= 0.3 is 11.7 Å². The SMILES string of the molecule is Cc1ccc2c(c1)C=Cc1cc(C)ccc1C2c1cn(-c2ccnc(CNCC(=O)Nc3nc(CC(=O)O)cs3)n2)c(=O)[nH]c1=O. The van der Waals surface area contributed by atoms with Gasteiger partial charge in [-0.2, -0.15) is 0 Å². The van der Waals surface area contributed by atoms with Crippen molar-refractivity contribution < 1.29 is 14.7 Å². The third-order valence-electron chi connectivity index (χ3n) is 7.47. The van der Waals surface area contributed by atoms with Crippen LogP contribution < -0.4 is 21.9 Å². The van der Waals surface area contributed by atoms with Crippen molar-refractivity contribution in [2.75, 3.05) is 11.9 Å². The lowest BCUT2D eigenvalue weighted by Crippen LogP contribution is -2.33. The predicted molar refractivity (Wildman–Crippen MR) is 174 cm³/mol. The van der Waals surface area contributed by atoms with Crippen LogP contribution >= 0.6 is 11.3 Å². The van der Waals surface area contributed by atoms with E-state index in [1.165, 1.54) is 10.8 Å². The molecular formula is C33H29N7O5S. The highest BCUT2D eigenvalue weighted by Crippen LogP contribution is 2.38. The average molecular weight is 636 g/mol. The lowest BCUT2D eigenvalue weighted by atomic mass is 9.82. The maximum Gasteiger partial charge on any atom is 0.334 e. The number of carbonyl (C=O) groups is 2. The number of carbonyl (C=O) groups excluding carboxylic acids is 1. The van der Waals surface area contributed by atoms with Gasteiger partial charge in [0, 0.05) is 29.3 Å². The monoisotopic (exact) mass is 635 g/mol. The highest BCUT2D eigenvalue weighted by molar-refractivity contribution is 7.13. The molecule has 3 heterocycles. The van der Waals surface area contributed by atoms with Crippen molar-refractivity contribution >= 4 is 40.5 Å². The molecule has 1 aliphatic carbocycles. The van der Waals surface area contributed by atoms with E-state index >= 15 is 0 Å². The molecule has 0 unspecified atom stereocenters. The number of aryl methyl sites for hydroxylation is 2. The molecule has 0 saturated carbocycles. The Bertz CT molecular complexity index is 2080. The molecule has 0 saturated heterocycles. The molecule has 2 aromatic carbocycles. The first-order valence-corrected chi connectivity index (χ1v) is 15.3. The topological polar surface area (TPSA) is 172 Å². The number of aromatic amines is 1. The van der Waals surface area contributed by atoms with Gasteiger partial charge in [-0.1, -0.05) is 59.7 Å². The number of thiazole rings is 1. The van der Waals surface area contributed by atoms with Crippen molar-refractivity contribution in [1.82, 2.24) is 29.8 Å². The molecule has 0 bridgehead atoms. The van der Waals surface area contributed by atoms with Crippen LogP contribution in [0.5, 0.6) is 0 Å². The van der Waals surface area contributed by atoms with Crippen molar-refractivity contribution in [2.45, 2.75) is 32.7 Å². The van der Waals surface area contributed by atoms with Crippen molar-refractivity contribution in [3.8, 4) is 5.82 Å². The summed E-state index contributed by atoms with van der Waals surface area (Å²) < 4.78 is 1.30. The molecule has 0 aliphatic heterocycles. The number of nitrogens with one attached hydrogen (secondary N) is 3. The standard InChI is InChI=1S/C33H29N7O5S/c1-18-3-7-23-20(11-18)5-6-21-12-19(2)4-8-24(21)30(23)25-16-40(33(45)39-31(25)44)27-9-10-35-26(37-27)14-34-15-28(41)38-32-36-22(17-46-32)13-29(42)43/h3-12,16-17,30,34H,13-15H2,1-2H3,(H,42,43)(H,36,38,41)(H,39,44,45). The number of benzene rings is 2. The molecular weight excluding hydrogens is 606 g/mol. The second kappa shape index (κ2) is 12.8. The molecule has 6 rings (SSSR count). The summed E-state index contributed by atoms with van der Waals surface area (Å²) in [5.41, 5.74) is 5.69. The smallest absolute Gasteiger partial charge is 0.334 e. The third-order valence-corrected chi connectivity index (χ3v) is 8.27. The van der Waals surface area contributed by atoms with Crippen LogP contribution in [0.2, 0.25) is 0 Å². The van der Waals surface area contributed by atoms with Gasteiger partial charge in [0.1, 0.15) is 11.6 Å². The van der Waals surface area contributed by atoms with E-state index in [1.54, 1.807) is 17.6 Å². The minimum atomic E-state index is -1.00. The third kappa shape index (κ3) is 6.60. The lowest BCUT2D eigenvalue weighted by molar-refractivity contribution is -0.136. The quantitative estimate of drug-likeness (QED) is 0.186. The molecule has 1 aliphatic rings. The number of amides is 1. The summed E-state index contributed by atoms with van der Waals surface area (Å²) >= 11 is 1.14. The number of fused-ring (bicyclic) bond motifs is 2. The van der Waals surface area contributed by atoms with Crippen LogP contribution in [0.3, 0.4) is 0 Å². The summed E-state index contributed by atoms with van der Waals surface area (Å²) in [6.07, 6.45) is 6.94. The van der Waals surface area contributed by atoms with Gasteiger partial charge in [-0.15, -0.1) is 11.3 Å². The molecule has 1 amide bonds. The van der Waals surface area contributed by atoms with E-state index in [2.05, 4.69) is 54.9 Å². The second-order valence-corrected chi connectivity index (χ2v) is 11.8. The Morgan fingerprint density at radius 3 is 2.35 bits per heavy atom. The normalized spacial score (nSPS) is 12.3. The number of anilines is 1. The molecule has 0 spiro atoms. The van der Waals surface area contributed by atoms with Crippen molar-refractivity contribution in [3.05, 3.63) is 132 Å². The summed E-state index contributed by atoms with van der Waals surface area (Å²) in [6.45, 7) is 4.07. The van der Waals surface area contributed by atoms with Crippen LogP contribution in [0.4, 0.5) is 5.13 Å². The van der Waals surface area contributed by atoms with Crippen molar-refractivity contribution in [1.29, 1.82) is 0 Å². The van der Waals surface area contributed by atoms with E-state index in [1.807, 2.05) is 38.1 Å². The van der Waals surface area contributed by atoms with Gasteiger partial charge in [-0.25, -0.2) is 19.7 Å². The Morgan fingerprint density at radius 1 is 0.978 bits per heavy atom. The van der Waals surface area contributed by atoms with E-state index < -0.39 is 23.1 Å². The molecule has 3 aromatic heterocycles. The van der Waals surface area contributed by atoms with Crippen molar-refractivity contribution in [2.24, 2.45) is 0 Å². The van der Waals surface area contributed by atoms with Crippen molar-refractivity contribution in [3.63, 3.8) is 0 Å². The fraction of sp³-hybridized carbons (Fsp3) is 0.182. The summed E-state index contributed by atoms with van der Waals surface area (Å²) in [4.78, 5) is 65.1. The largest absolute Gasteiger partial charge is 0.481 e. The zero-order chi connectivity index (χ0) is 32.4. The zero-order valence-corrected chi connectivity index (χ0v) is 25.7. The van der Waals surface area contributed by atoms with Crippen LogP contribution in [0.25, 0.3) is 18.0 Å². The summed E-state index contributed by atoms with van der Waals surface area (Å²) in [5, 5.41) is 16.3. The molecule has 12 nitrogen and oxygen atoms in total. The molecule has 4 N–H and O–H groups in total. The minimum absolute atomic E-state index is 0.0856. The number of aromatic nitrogens is 5. The zero-order valence-electron chi connectivity index (χ0n) is 24.9. The lowest BCUT2D eigenvalue weighted by Gasteiger charge is -2.21. The first-order chi connectivity index (χ1) is 22.1. The molecule has 0 radical (unpaired) electrons. The van der Waals surface area contributed by atoms with Gasteiger partial charge in [0.2, 0.25) is 5.91 Å².